The number of carbonyl (C=O) groups is 5. The van der Waals surface area contributed by atoms with Gasteiger partial charge in [0.1, 0.15) is 17.9 Å². The fourth-order valence-corrected chi connectivity index (χ4v) is 7.58. The van der Waals surface area contributed by atoms with Crippen LogP contribution in [0.4, 0.5) is 11.4 Å². The summed E-state index contributed by atoms with van der Waals surface area (Å²) in [6.45, 7) is 1.62. The first-order chi connectivity index (χ1) is 26.7. The van der Waals surface area contributed by atoms with Gasteiger partial charge in [0.05, 0.1) is 27.8 Å². The molecule has 1 saturated carbocycles. The van der Waals surface area contributed by atoms with Crippen molar-refractivity contribution in [1.29, 1.82) is 5.26 Å². The number of unbranched alkanes of at least 4 members (excludes halogenated alkanes) is 6. The lowest BCUT2D eigenvalue weighted by molar-refractivity contribution is -0.136. The Morgan fingerprint density at radius 2 is 1.42 bits per heavy atom. The molecule has 0 spiro atoms. The van der Waals surface area contributed by atoms with Crippen molar-refractivity contribution in [3.63, 3.8) is 0 Å². The largest absolute Gasteiger partial charge is 0.490 e. The zero-order valence-corrected chi connectivity index (χ0v) is 31.6. The molecular formula is C42H47ClN6O6. The SMILES string of the molecule is N#Cc1ccc(OC2CCC(NC(=O)c3ccc(NCCCCCCCCCNc4ccc5c(c4)C(=O)N(C4CCC(=O)NC4=O)C5=O)cc3)CC2)cc1Cl. The predicted octanol–water partition coefficient (Wildman–Crippen LogP) is 6.99. The Kier molecular flexibility index (Phi) is 13.4. The van der Waals surface area contributed by atoms with Crippen LogP contribution < -0.4 is 26.0 Å². The molecule has 1 unspecified atom stereocenters. The number of ether oxygens (including phenoxy) is 1. The molecule has 55 heavy (non-hydrogen) atoms. The molecule has 1 aliphatic carbocycles. The van der Waals surface area contributed by atoms with Crippen molar-refractivity contribution in [2.75, 3.05) is 23.7 Å². The summed E-state index contributed by atoms with van der Waals surface area (Å²) in [6.07, 6.45) is 11.3. The summed E-state index contributed by atoms with van der Waals surface area (Å²) >= 11 is 6.13. The lowest BCUT2D eigenvalue weighted by Crippen LogP contribution is -2.54. The van der Waals surface area contributed by atoms with Crippen LogP contribution in [0.25, 0.3) is 0 Å². The fraction of sp³-hybridized carbons (Fsp3) is 0.429. The number of nitriles is 1. The number of hydrogen-bond acceptors (Lipinski definition) is 9. The van der Waals surface area contributed by atoms with Crippen molar-refractivity contribution < 1.29 is 28.7 Å². The summed E-state index contributed by atoms with van der Waals surface area (Å²) in [4.78, 5) is 63.6. The van der Waals surface area contributed by atoms with E-state index in [9.17, 15) is 24.0 Å². The van der Waals surface area contributed by atoms with E-state index in [4.69, 9.17) is 21.6 Å². The molecule has 1 saturated heterocycles. The quantitative estimate of drug-likeness (QED) is 0.0836. The highest BCUT2D eigenvalue weighted by molar-refractivity contribution is 6.31. The van der Waals surface area contributed by atoms with E-state index >= 15 is 0 Å². The Hall–Kier alpha value is -5.41. The van der Waals surface area contributed by atoms with Crippen LogP contribution >= 0.6 is 11.6 Å². The van der Waals surface area contributed by atoms with E-state index in [0.717, 1.165) is 100.0 Å². The first-order valence-corrected chi connectivity index (χ1v) is 19.7. The van der Waals surface area contributed by atoms with E-state index in [1.807, 2.05) is 24.3 Å². The maximum absolute atomic E-state index is 13.0. The van der Waals surface area contributed by atoms with E-state index in [-0.39, 0.29) is 42.0 Å². The molecule has 3 aliphatic rings. The van der Waals surface area contributed by atoms with Crippen LogP contribution in [0, 0.1) is 11.3 Å². The maximum atomic E-state index is 13.0. The van der Waals surface area contributed by atoms with Gasteiger partial charge in [-0.25, -0.2) is 0 Å². The van der Waals surface area contributed by atoms with Gasteiger partial charge in [0.15, 0.2) is 0 Å². The summed E-state index contributed by atoms with van der Waals surface area (Å²) in [5.41, 5.74) is 3.37. The van der Waals surface area contributed by atoms with Gasteiger partial charge in [-0.2, -0.15) is 5.26 Å². The number of nitrogens with one attached hydrogen (secondary N) is 4. The topological polar surface area (TPSA) is 170 Å². The maximum Gasteiger partial charge on any atom is 0.262 e. The van der Waals surface area contributed by atoms with Crippen molar-refractivity contribution in [3.05, 3.63) is 87.9 Å². The third-order valence-corrected chi connectivity index (χ3v) is 10.8. The average Bonchev–Trinajstić information content (AvgIpc) is 3.42. The first-order valence-electron chi connectivity index (χ1n) is 19.3. The number of rotatable bonds is 17. The minimum Gasteiger partial charge on any atom is -0.490 e. The van der Waals surface area contributed by atoms with Crippen molar-refractivity contribution in [2.45, 2.75) is 102 Å². The first kappa shape index (κ1) is 39.3. The number of hydrogen-bond donors (Lipinski definition) is 4. The molecular weight excluding hydrogens is 720 g/mol. The lowest BCUT2D eigenvalue weighted by Gasteiger charge is -2.29. The monoisotopic (exact) mass is 766 g/mol. The highest BCUT2D eigenvalue weighted by atomic mass is 35.5. The molecule has 2 heterocycles. The number of piperidine rings is 1. The van der Waals surface area contributed by atoms with Crippen LogP contribution in [0.15, 0.2) is 60.7 Å². The molecule has 288 valence electrons. The van der Waals surface area contributed by atoms with Gasteiger partial charge in [-0.05, 0) is 99.5 Å². The number of nitrogens with zero attached hydrogens (tertiary/aromatic N) is 2. The minimum atomic E-state index is -0.966. The van der Waals surface area contributed by atoms with E-state index in [2.05, 4.69) is 27.3 Å². The van der Waals surface area contributed by atoms with E-state index in [0.29, 0.717) is 21.9 Å². The molecule has 0 bridgehead atoms. The lowest BCUT2D eigenvalue weighted by atomic mass is 9.92. The summed E-state index contributed by atoms with van der Waals surface area (Å²) in [6, 6.07) is 19.0. The molecule has 12 nitrogen and oxygen atoms in total. The molecule has 3 aromatic rings. The third kappa shape index (κ3) is 10.2. The standard InChI is InChI=1S/C42H47ClN6O6/c43-36-25-33(16-10-28(36)26-44)55-32-17-13-30(14-18-32)47-39(51)27-8-11-29(12-9-27)45-22-6-4-2-1-3-5-7-23-46-31-15-19-34-35(24-31)42(54)49(41(34)53)37-20-21-38(50)48-40(37)52/h8-12,15-16,19,24-25,30,32,37,45-46H,1-7,13-14,17-18,20-23H2,(H,47,51)(H,48,50,52). The molecule has 13 heteroatoms. The molecule has 5 amide bonds. The Labute approximate surface area is 326 Å². The van der Waals surface area contributed by atoms with Gasteiger partial charge in [-0.1, -0.05) is 43.7 Å². The third-order valence-electron chi connectivity index (χ3n) is 10.5. The molecule has 3 aromatic carbocycles. The van der Waals surface area contributed by atoms with E-state index in [1.165, 1.54) is 0 Å². The second kappa shape index (κ2) is 18.8. The molecule has 4 N–H and O–H groups in total. The normalized spacial score (nSPS) is 19.3. The molecule has 0 radical (unpaired) electrons. The summed E-state index contributed by atoms with van der Waals surface area (Å²) in [7, 11) is 0. The van der Waals surface area contributed by atoms with Crippen molar-refractivity contribution >= 4 is 52.5 Å². The summed E-state index contributed by atoms with van der Waals surface area (Å²) in [5.74, 6) is -1.42. The summed E-state index contributed by atoms with van der Waals surface area (Å²) in [5, 5.41) is 21.6. The molecule has 0 aromatic heterocycles. The van der Waals surface area contributed by atoms with Gasteiger partial charge in [-0.15, -0.1) is 0 Å². The minimum absolute atomic E-state index is 0.0513. The van der Waals surface area contributed by atoms with Gasteiger partial charge in [0.2, 0.25) is 11.8 Å². The number of benzene rings is 3. The second-order valence-corrected chi connectivity index (χ2v) is 14.8. The van der Waals surface area contributed by atoms with Gasteiger partial charge in [0, 0.05) is 48.6 Å². The van der Waals surface area contributed by atoms with Crippen LogP contribution in [0.2, 0.25) is 5.02 Å². The number of imide groups is 2. The van der Waals surface area contributed by atoms with Crippen molar-refractivity contribution in [3.8, 4) is 11.8 Å². The Morgan fingerprint density at radius 1 is 0.782 bits per heavy atom. The van der Waals surface area contributed by atoms with Gasteiger partial charge in [-0.3, -0.25) is 34.2 Å². The zero-order chi connectivity index (χ0) is 38.7. The van der Waals surface area contributed by atoms with E-state index < -0.39 is 29.7 Å². The zero-order valence-electron chi connectivity index (χ0n) is 30.8. The highest BCUT2D eigenvalue weighted by Gasteiger charge is 2.44. The predicted molar refractivity (Wildman–Crippen MR) is 209 cm³/mol. The number of fused-ring (bicyclic) bond motifs is 1. The highest BCUT2D eigenvalue weighted by Crippen LogP contribution is 2.30. The molecule has 2 aliphatic heterocycles. The number of anilines is 2. The average molecular weight is 767 g/mol. The van der Waals surface area contributed by atoms with Crippen molar-refractivity contribution in [1.82, 2.24) is 15.5 Å². The van der Waals surface area contributed by atoms with Gasteiger partial charge >= 0.3 is 0 Å². The van der Waals surface area contributed by atoms with Crippen LogP contribution in [0.5, 0.6) is 5.75 Å². The number of carbonyl (C=O) groups excluding carboxylic acids is 5. The molecule has 6 rings (SSSR count). The second-order valence-electron chi connectivity index (χ2n) is 14.4. The number of halogens is 1. The van der Waals surface area contributed by atoms with Crippen LogP contribution in [0.1, 0.15) is 120 Å². The Morgan fingerprint density at radius 3 is 2.07 bits per heavy atom. The Balaban J connectivity index is 0.789. The van der Waals surface area contributed by atoms with Crippen LogP contribution in [-0.4, -0.2) is 65.7 Å². The van der Waals surface area contributed by atoms with E-state index in [1.54, 1.807) is 36.4 Å². The molecule has 2 fully saturated rings. The fourth-order valence-electron chi connectivity index (χ4n) is 7.37. The van der Waals surface area contributed by atoms with Gasteiger partial charge < -0.3 is 20.7 Å². The van der Waals surface area contributed by atoms with Crippen LogP contribution in [-0.2, 0) is 9.59 Å². The number of amides is 5. The summed E-state index contributed by atoms with van der Waals surface area (Å²) < 4.78 is 6.07. The Bertz CT molecular complexity index is 1940. The van der Waals surface area contributed by atoms with Crippen molar-refractivity contribution in [2.24, 2.45) is 0 Å². The van der Waals surface area contributed by atoms with Crippen LogP contribution in [0.3, 0.4) is 0 Å². The molecule has 1 atom stereocenters. The smallest absolute Gasteiger partial charge is 0.262 e. The van der Waals surface area contributed by atoms with Gasteiger partial charge in [0.25, 0.3) is 17.7 Å².